The SMILES string of the molecule is CCCCCCCCC[Si](C)(OC(C)CC)OC(C)CC. The van der Waals surface area contributed by atoms with E-state index < -0.39 is 8.56 Å². The minimum atomic E-state index is -1.99. The Morgan fingerprint density at radius 1 is 0.714 bits per heavy atom. The van der Waals surface area contributed by atoms with Crippen molar-refractivity contribution in [3.05, 3.63) is 0 Å². The Morgan fingerprint density at radius 2 is 1.14 bits per heavy atom. The Kier molecular flexibility index (Phi) is 12.7. The first-order valence-corrected chi connectivity index (χ1v) is 11.8. The molecule has 0 aliphatic rings. The smallest absolute Gasteiger partial charge is 0.335 e. The van der Waals surface area contributed by atoms with Crippen LogP contribution < -0.4 is 0 Å². The van der Waals surface area contributed by atoms with Crippen LogP contribution in [0.1, 0.15) is 92.4 Å². The second-order valence-electron chi connectivity index (χ2n) is 6.68. The van der Waals surface area contributed by atoms with Gasteiger partial charge in [-0.25, -0.2) is 0 Å². The molecule has 21 heavy (non-hydrogen) atoms. The Labute approximate surface area is 135 Å². The van der Waals surface area contributed by atoms with Crippen LogP contribution in [0.4, 0.5) is 0 Å². The summed E-state index contributed by atoms with van der Waals surface area (Å²) < 4.78 is 12.6. The molecule has 2 nitrogen and oxygen atoms in total. The lowest BCUT2D eigenvalue weighted by Crippen LogP contribution is -2.43. The summed E-state index contributed by atoms with van der Waals surface area (Å²) in [7, 11) is -1.99. The zero-order valence-corrected chi connectivity index (χ0v) is 16.5. The van der Waals surface area contributed by atoms with Gasteiger partial charge in [-0.1, -0.05) is 65.7 Å². The molecule has 0 radical (unpaired) electrons. The zero-order chi connectivity index (χ0) is 16.1. The number of unbranched alkanes of at least 4 members (excludes halogenated alkanes) is 6. The molecule has 2 atom stereocenters. The molecule has 0 aliphatic carbocycles. The maximum absolute atomic E-state index is 6.32. The van der Waals surface area contributed by atoms with E-state index in [1.54, 1.807) is 0 Å². The molecule has 0 fully saturated rings. The molecule has 0 rings (SSSR count). The van der Waals surface area contributed by atoms with Crippen molar-refractivity contribution in [3.63, 3.8) is 0 Å². The van der Waals surface area contributed by atoms with Crippen LogP contribution in [0.25, 0.3) is 0 Å². The van der Waals surface area contributed by atoms with Gasteiger partial charge in [-0.3, -0.25) is 0 Å². The van der Waals surface area contributed by atoms with Gasteiger partial charge in [-0.15, -0.1) is 0 Å². The van der Waals surface area contributed by atoms with Crippen LogP contribution in [0.15, 0.2) is 0 Å². The van der Waals surface area contributed by atoms with Gasteiger partial charge in [-0.2, -0.15) is 0 Å². The van der Waals surface area contributed by atoms with Crippen LogP contribution in [0.2, 0.25) is 12.6 Å². The van der Waals surface area contributed by atoms with Crippen LogP contribution >= 0.6 is 0 Å². The standard InChI is InChI=1S/C18H40O2Si/c1-7-10-11-12-13-14-15-16-21(6,19-17(4)8-2)20-18(5)9-3/h17-18H,7-16H2,1-6H3. The van der Waals surface area contributed by atoms with E-state index in [1.807, 2.05) is 0 Å². The minimum absolute atomic E-state index is 0.329. The molecular formula is C18H40O2Si. The first-order valence-electron chi connectivity index (χ1n) is 9.33. The predicted octanol–water partition coefficient (Wildman–Crippen LogP) is 6.44. The summed E-state index contributed by atoms with van der Waals surface area (Å²) >= 11 is 0. The molecule has 2 unspecified atom stereocenters. The molecular weight excluding hydrogens is 276 g/mol. The van der Waals surface area contributed by atoms with Crippen molar-refractivity contribution in [2.24, 2.45) is 0 Å². The van der Waals surface area contributed by atoms with E-state index in [0.29, 0.717) is 12.2 Å². The summed E-state index contributed by atoms with van der Waals surface area (Å²) in [5.41, 5.74) is 0. The average Bonchev–Trinajstić information content (AvgIpc) is 2.45. The molecule has 0 aromatic carbocycles. The topological polar surface area (TPSA) is 18.5 Å². The number of rotatable bonds is 14. The van der Waals surface area contributed by atoms with E-state index >= 15 is 0 Å². The van der Waals surface area contributed by atoms with Gasteiger partial charge in [0, 0.05) is 12.2 Å². The van der Waals surface area contributed by atoms with Gasteiger partial charge in [-0.05, 0) is 39.3 Å². The molecule has 128 valence electrons. The lowest BCUT2D eigenvalue weighted by molar-refractivity contribution is 0.0907. The van der Waals surface area contributed by atoms with Crippen molar-refractivity contribution < 1.29 is 8.85 Å². The Balaban J connectivity index is 4.09. The Hall–Kier alpha value is 0.137. The fraction of sp³-hybridized carbons (Fsp3) is 1.00. The van der Waals surface area contributed by atoms with E-state index in [4.69, 9.17) is 8.85 Å². The van der Waals surface area contributed by atoms with Gasteiger partial charge in [0.2, 0.25) is 0 Å². The van der Waals surface area contributed by atoms with Gasteiger partial charge < -0.3 is 8.85 Å². The van der Waals surface area contributed by atoms with Crippen LogP contribution in [-0.4, -0.2) is 20.8 Å². The quantitative estimate of drug-likeness (QED) is 0.271. The van der Waals surface area contributed by atoms with E-state index in [2.05, 4.69) is 41.2 Å². The highest BCUT2D eigenvalue weighted by molar-refractivity contribution is 6.66. The third kappa shape index (κ3) is 11.4. The maximum atomic E-state index is 6.32. The third-order valence-electron chi connectivity index (χ3n) is 4.29. The summed E-state index contributed by atoms with van der Waals surface area (Å²) in [6.45, 7) is 13.3. The molecule has 0 heterocycles. The van der Waals surface area contributed by atoms with E-state index in [-0.39, 0.29) is 0 Å². The van der Waals surface area contributed by atoms with Crippen molar-refractivity contribution in [1.82, 2.24) is 0 Å². The molecule has 0 N–H and O–H groups in total. The summed E-state index contributed by atoms with van der Waals surface area (Å²) in [5, 5.41) is 0. The van der Waals surface area contributed by atoms with Crippen LogP contribution in [0, 0.1) is 0 Å². The van der Waals surface area contributed by atoms with Gasteiger partial charge in [0.05, 0.1) is 0 Å². The highest BCUT2D eigenvalue weighted by Crippen LogP contribution is 2.23. The molecule has 0 aromatic rings. The molecule has 0 saturated carbocycles. The van der Waals surface area contributed by atoms with E-state index in [1.165, 1.54) is 44.9 Å². The molecule has 0 bridgehead atoms. The van der Waals surface area contributed by atoms with Crippen LogP contribution in [-0.2, 0) is 8.85 Å². The van der Waals surface area contributed by atoms with Gasteiger partial charge in [0.25, 0.3) is 0 Å². The van der Waals surface area contributed by atoms with Crippen LogP contribution in [0.5, 0.6) is 0 Å². The molecule has 0 aromatic heterocycles. The third-order valence-corrected chi connectivity index (χ3v) is 7.35. The van der Waals surface area contributed by atoms with Crippen molar-refractivity contribution in [2.45, 2.75) is 117 Å². The first kappa shape index (κ1) is 21.1. The maximum Gasteiger partial charge on any atom is 0.335 e. The lowest BCUT2D eigenvalue weighted by Gasteiger charge is -2.32. The molecule has 0 aliphatic heterocycles. The zero-order valence-electron chi connectivity index (χ0n) is 15.5. The minimum Gasteiger partial charge on any atom is -0.392 e. The predicted molar refractivity (Wildman–Crippen MR) is 96.1 cm³/mol. The summed E-state index contributed by atoms with van der Waals surface area (Å²) in [6, 6.07) is 1.15. The van der Waals surface area contributed by atoms with Gasteiger partial charge in [0.1, 0.15) is 0 Å². The molecule has 3 heteroatoms. The van der Waals surface area contributed by atoms with E-state index in [9.17, 15) is 0 Å². The van der Waals surface area contributed by atoms with Gasteiger partial charge >= 0.3 is 8.56 Å². The summed E-state index contributed by atoms with van der Waals surface area (Å²) in [5.74, 6) is 0. The van der Waals surface area contributed by atoms with Crippen molar-refractivity contribution in [1.29, 1.82) is 0 Å². The van der Waals surface area contributed by atoms with Crippen molar-refractivity contribution >= 4 is 8.56 Å². The summed E-state index contributed by atoms with van der Waals surface area (Å²) in [6.07, 6.45) is 12.3. The molecule has 0 saturated heterocycles. The second kappa shape index (κ2) is 12.7. The fourth-order valence-electron chi connectivity index (χ4n) is 2.57. The second-order valence-corrected chi connectivity index (χ2v) is 9.92. The van der Waals surface area contributed by atoms with Crippen molar-refractivity contribution in [2.75, 3.05) is 0 Å². The number of hydrogen-bond acceptors (Lipinski definition) is 2. The molecule has 0 spiro atoms. The largest absolute Gasteiger partial charge is 0.392 e. The fourth-order valence-corrected chi connectivity index (χ4v) is 5.79. The number of hydrogen-bond donors (Lipinski definition) is 0. The summed E-state index contributed by atoms with van der Waals surface area (Å²) in [4.78, 5) is 0. The average molecular weight is 317 g/mol. The highest BCUT2D eigenvalue weighted by atomic mass is 28.4. The Morgan fingerprint density at radius 3 is 1.57 bits per heavy atom. The van der Waals surface area contributed by atoms with Crippen LogP contribution in [0.3, 0.4) is 0 Å². The first-order chi connectivity index (χ1) is 9.97. The van der Waals surface area contributed by atoms with E-state index in [0.717, 1.165) is 18.9 Å². The normalized spacial score (nSPS) is 17.4. The highest BCUT2D eigenvalue weighted by Gasteiger charge is 2.34. The Bertz CT molecular complexity index is 221. The lowest BCUT2D eigenvalue weighted by atomic mass is 10.1. The molecule has 0 amide bonds. The van der Waals surface area contributed by atoms with Gasteiger partial charge in [0.15, 0.2) is 0 Å². The van der Waals surface area contributed by atoms with Crippen molar-refractivity contribution in [3.8, 4) is 0 Å². The monoisotopic (exact) mass is 316 g/mol.